The fourth-order valence-corrected chi connectivity index (χ4v) is 6.24. The summed E-state index contributed by atoms with van der Waals surface area (Å²) >= 11 is 0. The lowest BCUT2D eigenvalue weighted by molar-refractivity contribution is 0.102. The molecule has 0 fully saturated rings. The van der Waals surface area contributed by atoms with E-state index >= 15 is 0 Å². The fourth-order valence-electron chi connectivity index (χ4n) is 6.24. The Hall–Kier alpha value is -5.10. The van der Waals surface area contributed by atoms with Crippen LogP contribution in [-0.2, 0) is 10.8 Å². The number of methoxy groups -OCH3 is 4. The second-order valence-corrected chi connectivity index (χ2v) is 12.4. The third-order valence-electron chi connectivity index (χ3n) is 8.94. The maximum Gasteiger partial charge on any atom is 0.190 e. The van der Waals surface area contributed by atoms with Crippen LogP contribution in [0.4, 0.5) is 0 Å². The van der Waals surface area contributed by atoms with Crippen LogP contribution in [-0.4, -0.2) is 40.0 Å². The van der Waals surface area contributed by atoms with E-state index in [1.54, 1.807) is 40.6 Å². The highest BCUT2D eigenvalue weighted by Crippen LogP contribution is 2.48. The first kappa shape index (κ1) is 32.3. The van der Waals surface area contributed by atoms with Gasteiger partial charge >= 0.3 is 0 Å². The topological polar surface area (TPSA) is 71.1 Å². The van der Waals surface area contributed by atoms with Gasteiger partial charge in [0.15, 0.2) is 34.6 Å². The highest BCUT2D eigenvalue weighted by atomic mass is 16.5. The second kappa shape index (κ2) is 12.7. The molecule has 2 aliphatic rings. The molecule has 46 heavy (non-hydrogen) atoms. The van der Waals surface area contributed by atoms with E-state index in [2.05, 4.69) is 27.7 Å². The van der Waals surface area contributed by atoms with E-state index in [1.165, 1.54) is 0 Å². The molecule has 6 rings (SSSR count). The molecule has 0 bridgehead atoms. The summed E-state index contributed by atoms with van der Waals surface area (Å²) in [5.74, 6) is 2.55. The molecule has 0 aromatic heterocycles. The summed E-state index contributed by atoms with van der Waals surface area (Å²) in [5.41, 5.74) is 6.20. The van der Waals surface area contributed by atoms with E-state index in [9.17, 15) is 9.59 Å². The molecule has 6 nitrogen and oxygen atoms in total. The number of hydrogen-bond donors (Lipinski definition) is 0. The van der Waals surface area contributed by atoms with Gasteiger partial charge in [-0.2, -0.15) is 0 Å². The molecule has 0 aliphatic heterocycles. The van der Waals surface area contributed by atoms with Crippen molar-refractivity contribution in [1.82, 2.24) is 0 Å². The molecule has 4 aromatic rings. The van der Waals surface area contributed by atoms with E-state index in [0.29, 0.717) is 34.1 Å². The number of Topliss-reactive ketones (excluding diaryl/α,β-unsaturated/α-hetero) is 2. The maximum atomic E-state index is 12.9. The summed E-state index contributed by atoms with van der Waals surface area (Å²) < 4.78 is 21.4. The van der Waals surface area contributed by atoms with Gasteiger partial charge in [-0.3, -0.25) is 9.59 Å². The van der Waals surface area contributed by atoms with Crippen molar-refractivity contribution >= 4 is 23.7 Å². The van der Waals surface area contributed by atoms with E-state index in [-0.39, 0.29) is 22.4 Å². The van der Waals surface area contributed by atoms with E-state index in [1.807, 2.05) is 84.9 Å². The van der Waals surface area contributed by atoms with Crippen molar-refractivity contribution in [2.45, 2.75) is 38.5 Å². The van der Waals surface area contributed by atoms with Gasteiger partial charge < -0.3 is 18.9 Å². The number of rotatable bonds is 6. The van der Waals surface area contributed by atoms with E-state index < -0.39 is 0 Å². The molecule has 236 valence electrons. The minimum atomic E-state index is -0.373. The van der Waals surface area contributed by atoms with Crippen LogP contribution in [0.5, 0.6) is 23.0 Å². The summed E-state index contributed by atoms with van der Waals surface area (Å²) in [6.07, 6.45) is 3.95. The van der Waals surface area contributed by atoms with Crippen molar-refractivity contribution in [1.29, 1.82) is 0 Å². The SMILES string of the molecule is COc1cc2c(cc1OC)C(C)(C)C(=Cc1ccccc1)C2=O.COc1cc2c(cc1OC)C(C)(C)C(=Cc1ccccc1)C2=O. The standard InChI is InChI=1S/2C20H20O3/c2*1-20(2)15-12-18(23-4)17(22-3)11-14(15)19(21)16(20)10-13-8-6-5-7-9-13/h2*5-12H,1-4H3. The van der Waals surface area contributed by atoms with Crippen molar-refractivity contribution in [2.24, 2.45) is 0 Å². The van der Waals surface area contributed by atoms with Gasteiger partial charge in [0.25, 0.3) is 0 Å². The summed E-state index contributed by atoms with van der Waals surface area (Å²) in [4.78, 5) is 25.8. The van der Waals surface area contributed by atoms with Gasteiger partial charge in [-0.25, -0.2) is 0 Å². The number of carbonyl (C=O) groups excluding carboxylic acids is 2. The minimum Gasteiger partial charge on any atom is -0.493 e. The predicted octanol–water partition coefficient (Wildman–Crippen LogP) is 8.52. The predicted molar refractivity (Wildman–Crippen MR) is 183 cm³/mol. The van der Waals surface area contributed by atoms with Crippen molar-refractivity contribution in [3.63, 3.8) is 0 Å². The van der Waals surface area contributed by atoms with Crippen molar-refractivity contribution in [2.75, 3.05) is 28.4 Å². The molecule has 0 saturated carbocycles. The number of ether oxygens (including phenoxy) is 4. The monoisotopic (exact) mass is 616 g/mol. The van der Waals surface area contributed by atoms with Gasteiger partial charge in [-0.1, -0.05) is 88.4 Å². The molecule has 6 heteroatoms. The molecule has 0 spiro atoms. The highest BCUT2D eigenvalue weighted by Gasteiger charge is 2.43. The number of fused-ring (bicyclic) bond motifs is 2. The summed E-state index contributed by atoms with van der Waals surface area (Å²) in [6.45, 7) is 8.27. The average molecular weight is 617 g/mol. The number of ketones is 2. The molecule has 0 radical (unpaired) electrons. The largest absolute Gasteiger partial charge is 0.493 e. The third kappa shape index (κ3) is 5.71. The Labute approximate surface area is 271 Å². The molecule has 2 aliphatic carbocycles. The van der Waals surface area contributed by atoms with Crippen LogP contribution >= 0.6 is 0 Å². The number of carbonyl (C=O) groups is 2. The smallest absolute Gasteiger partial charge is 0.190 e. The van der Waals surface area contributed by atoms with Crippen molar-refractivity contribution in [3.05, 3.63) is 129 Å². The lowest BCUT2D eigenvalue weighted by atomic mass is 9.82. The van der Waals surface area contributed by atoms with Crippen molar-refractivity contribution < 1.29 is 28.5 Å². The first-order chi connectivity index (χ1) is 22.0. The summed E-state index contributed by atoms with van der Waals surface area (Å²) in [6, 6.07) is 27.2. The minimum absolute atomic E-state index is 0.0507. The van der Waals surface area contributed by atoms with Crippen LogP contribution < -0.4 is 18.9 Å². The zero-order valence-corrected chi connectivity index (χ0v) is 27.7. The van der Waals surface area contributed by atoms with Crippen LogP contribution in [0.3, 0.4) is 0 Å². The van der Waals surface area contributed by atoms with Crippen LogP contribution in [0.1, 0.15) is 70.7 Å². The van der Waals surface area contributed by atoms with Gasteiger partial charge in [0, 0.05) is 33.1 Å². The second-order valence-electron chi connectivity index (χ2n) is 12.4. The summed E-state index contributed by atoms with van der Waals surface area (Å²) in [5, 5.41) is 0. The molecule has 0 saturated heterocycles. The number of allylic oxidation sites excluding steroid dienone is 2. The zero-order valence-electron chi connectivity index (χ0n) is 27.7. The third-order valence-corrected chi connectivity index (χ3v) is 8.94. The van der Waals surface area contributed by atoms with Crippen LogP contribution in [0.15, 0.2) is 96.1 Å². The summed E-state index contributed by atoms with van der Waals surface area (Å²) in [7, 11) is 6.37. The lowest BCUT2D eigenvalue weighted by Gasteiger charge is -2.21. The van der Waals surface area contributed by atoms with E-state index in [0.717, 1.165) is 33.4 Å². The molecular weight excluding hydrogens is 576 g/mol. The molecular formula is C40H40O6. The van der Waals surface area contributed by atoms with Gasteiger partial charge in [0.05, 0.1) is 28.4 Å². The Morgan fingerprint density at radius 1 is 0.478 bits per heavy atom. The number of benzene rings is 4. The van der Waals surface area contributed by atoms with Crippen LogP contribution in [0.25, 0.3) is 12.2 Å². The van der Waals surface area contributed by atoms with E-state index in [4.69, 9.17) is 18.9 Å². The molecule has 4 aromatic carbocycles. The molecule has 0 atom stereocenters. The van der Waals surface area contributed by atoms with Gasteiger partial charge in [0.1, 0.15) is 0 Å². The number of hydrogen-bond acceptors (Lipinski definition) is 6. The van der Waals surface area contributed by atoms with Gasteiger partial charge in [-0.05, 0) is 58.7 Å². The molecule has 0 heterocycles. The van der Waals surface area contributed by atoms with Crippen molar-refractivity contribution in [3.8, 4) is 23.0 Å². The Morgan fingerprint density at radius 3 is 1.09 bits per heavy atom. The first-order valence-electron chi connectivity index (χ1n) is 15.1. The normalized spacial score (nSPS) is 17.2. The maximum absolute atomic E-state index is 12.9. The van der Waals surface area contributed by atoms with Gasteiger partial charge in [0.2, 0.25) is 0 Å². The fraction of sp³-hybridized carbons (Fsp3) is 0.250. The zero-order chi connectivity index (χ0) is 33.2. The van der Waals surface area contributed by atoms with Crippen LogP contribution in [0, 0.1) is 0 Å². The highest BCUT2D eigenvalue weighted by molar-refractivity contribution is 6.18. The molecule has 0 amide bonds. The van der Waals surface area contributed by atoms with Gasteiger partial charge in [-0.15, -0.1) is 0 Å². The Bertz CT molecular complexity index is 1710. The first-order valence-corrected chi connectivity index (χ1v) is 15.1. The lowest BCUT2D eigenvalue weighted by Crippen LogP contribution is -2.17. The quantitative estimate of drug-likeness (QED) is 0.202. The molecule has 0 unspecified atom stereocenters. The van der Waals surface area contributed by atoms with Crippen LogP contribution in [0.2, 0.25) is 0 Å². The Morgan fingerprint density at radius 2 is 0.783 bits per heavy atom. The molecule has 0 N–H and O–H groups in total. The average Bonchev–Trinajstić information content (AvgIpc) is 3.37. The Kier molecular flexibility index (Phi) is 8.93. The Balaban J connectivity index is 0.000000181.